The Kier molecular flexibility index (Phi) is 7.95. The normalized spacial score (nSPS) is 17.4. The van der Waals surface area contributed by atoms with E-state index in [9.17, 15) is 14.7 Å². The van der Waals surface area contributed by atoms with Crippen molar-refractivity contribution in [3.05, 3.63) is 78.0 Å². The molecule has 1 heterocycles. The Balaban J connectivity index is 1.30. The van der Waals surface area contributed by atoms with Crippen LogP contribution < -0.4 is 14.8 Å². The van der Waals surface area contributed by atoms with Gasteiger partial charge in [0.1, 0.15) is 17.6 Å². The van der Waals surface area contributed by atoms with Gasteiger partial charge in [0.2, 0.25) is 11.8 Å². The van der Waals surface area contributed by atoms with Gasteiger partial charge in [0.15, 0.2) is 0 Å². The highest BCUT2D eigenvalue weighted by atomic mass is 16.5. The molecule has 35 heavy (non-hydrogen) atoms. The molecule has 1 aliphatic rings. The molecule has 0 saturated heterocycles. The number of nitrogens with one attached hydrogen (secondary N) is 1. The van der Waals surface area contributed by atoms with Gasteiger partial charge in [0.25, 0.3) is 0 Å². The summed E-state index contributed by atoms with van der Waals surface area (Å²) in [4.78, 5) is 27.9. The van der Waals surface area contributed by atoms with Crippen molar-refractivity contribution >= 4 is 17.6 Å². The Hall–Kier alpha value is -3.91. The number of carboxylic acid groups (broad SMARTS) is 1. The van der Waals surface area contributed by atoms with Crippen molar-refractivity contribution in [3.63, 3.8) is 0 Å². The van der Waals surface area contributed by atoms with Crippen molar-refractivity contribution in [2.24, 2.45) is 0 Å². The molecule has 182 valence electrons. The summed E-state index contributed by atoms with van der Waals surface area (Å²) in [5.74, 6) is 0.346. The number of nitrogens with zero attached hydrogens (tertiary/aromatic N) is 1. The van der Waals surface area contributed by atoms with Crippen LogP contribution in [0.2, 0.25) is 0 Å². The highest BCUT2D eigenvalue weighted by Gasteiger charge is 2.26. The van der Waals surface area contributed by atoms with Crippen LogP contribution >= 0.6 is 0 Å². The highest BCUT2D eigenvalue weighted by molar-refractivity contribution is 6.00. The Morgan fingerprint density at radius 1 is 0.971 bits per heavy atom. The summed E-state index contributed by atoms with van der Waals surface area (Å²) in [6.45, 7) is 0. The molecule has 0 aliphatic heterocycles. The number of para-hydroxylation sites is 1. The fourth-order valence-electron chi connectivity index (χ4n) is 4.08. The van der Waals surface area contributed by atoms with Gasteiger partial charge in [-0.2, -0.15) is 0 Å². The minimum Gasteiger partial charge on any atom is -0.488 e. The van der Waals surface area contributed by atoms with Crippen molar-refractivity contribution in [1.29, 1.82) is 0 Å². The number of aromatic carboxylic acids is 1. The first-order chi connectivity index (χ1) is 17.0. The minimum absolute atomic E-state index is 0.0383. The van der Waals surface area contributed by atoms with Crippen LogP contribution in [0.3, 0.4) is 0 Å². The second-order valence-corrected chi connectivity index (χ2v) is 8.37. The van der Waals surface area contributed by atoms with E-state index in [4.69, 9.17) is 14.2 Å². The highest BCUT2D eigenvalue weighted by Crippen LogP contribution is 2.28. The fraction of sp³-hybridized carbons (Fsp3) is 0.296. The number of ether oxygens (including phenoxy) is 3. The van der Waals surface area contributed by atoms with Gasteiger partial charge < -0.3 is 24.6 Å². The number of carboxylic acids is 1. The first-order valence-electron chi connectivity index (χ1n) is 11.6. The van der Waals surface area contributed by atoms with Crippen LogP contribution in [-0.2, 0) is 16.0 Å². The molecule has 0 radical (unpaired) electrons. The number of hydrogen-bond acceptors (Lipinski definition) is 6. The summed E-state index contributed by atoms with van der Waals surface area (Å²) < 4.78 is 17.5. The molecule has 2 aromatic carbocycles. The lowest BCUT2D eigenvalue weighted by Gasteiger charge is -2.30. The molecule has 4 rings (SSSR count). The molecule has 1 saturated carbocycles. The minimum atomic E-state index is -1.10. The predicted molar refractivity (Wildman–Crippen MR) is 130 cm³/mol. The van der Waals surface area contributed by atoms with Gasteiger partial charge >= 0.3 is 5.97 Å². The number of amides is 1. The lowest BCUT2D eigenvalue weighted by molar-refractivity contribution is -0.115. The second kappa shape index (κ2) is 11.5. The summed E-state index contributed by atoms with van der Waals surface area (Å²) in [5.41, 5.74) is 0.967. The zero-order valence-electron chi connectivity index (χ0n) is 19.5. The van der Waals surface area contributed by atoms with Gasteiger partial charge in [0, 0.05) is 19.4 Å². The number of carbonyl (C=O) groups is 2. The Bertz CT molecular complexity index is 1150. The lowest BCUT2D eigenvalue weighted by atomic mass is 9.94. The predicted octanol–water partition coefficient (Wildman–Crippen LogP) is 5.09. The first kappa shape index (κ1) is 24.2. The smallest absolute Gasteiger partial charge is 0.337 e. The van der Waals surface area contributed by atoms with Crippen LogP contribution in [0.5, 0.6) is 17.4 Å². The summed E-state index contributed by atoms with van der Waals surface area (Å²) in [6.07, 6.45) is 6.10. The maximum absolute atomic E-state index is 12.4. The Labute approximate surface area is 203 Å². The van der Waals surface area contributed by atoms with E-state index in [1.54, 1.807) is 43.6 Å². The van der Waals surface area contributed by atoms with Crippen LogP contribution in [0.15, 0.2) is 66.9 Å². The van der Waals surface area contributed by atoms with E-state index >= 15 is 0 Å². The Morgan fingerprint density at radius 3 is 2.37 bits per heavy atom. The van der Waals surface area contributed by atoms with E-state index < -0.39 is 5.97 Å². The molecule has 1 fully saturated rings. The lowest BCUT2D eigenvalue weighted by Crippen LogP contribution is -2.36. The molecule has 3 aromatic rings. The topological polar surface area (TPSA) is 107 Å². The summed E-state index contributed by atoms with van der Waals surface area (Å²) >= 11 is 0. The van der Waals surface area contributed by atoms with Crippen LogP contribution in [0, 0.1) is 0 Å². The third kappa shape index (κ3) is 6.58. The fourth-order valence-corrected chi connectivity index (χ4v) is 4.08. The van der Waals surface area contributed by atoms with Gasteiger partial charge in [-0.05, 0) is 61.2 Å². The molecule has 1 aromatic heterocycles. The van der Waals surface area contributed by atoms with Crippen LogP contribution in [0.1, 0.15) is 41.6 Å². The number of anilines is 1. The molecule has 0 bridgehead atoms. The summed E-state index contributed by atoms with van der Waals surface area (Å²) in [7, 11) is 1.73. The van der Waals surface area contributed by atoms with Gasteiger partial charge in [-0.3, -0.25) is 4.79 Å². The first-order valence-corrected chi connectivity index (χ1v) is 11.6. The number of methoxy groups -OCH3 is 1. The largest absolute Gasteiger partial charge is 0.488 e. The third-order valence-corrected chi connectivity index (χ3v) is 5.87. The molecule has 1 unspecified atom stereocenters. The molecule has 8 nitrogen and oxygen atoms in total. The van der Waals surface area contributed by atoms with E-state index in [2.05, 4.69) is 10.3 Å². The van der Waals surface area contributed by atoms with Crippen molar-refractivity contribution in [2.45, 2.75) is 44.3 Å². The number of hydrogen-bond donors (Lipinski definition) is 2. The van der Waals surface area contributed by atoms with E-state index in [0.29, 0.717) is 17.2 Å². The number of carbonyl (C=O) groups excluding carboxylic acids is 1. The van der Waals surface area contributed by atoms with Gasteiger partial charge in [-0.1, -0.05) is 24.6 Å². The van der Waals surface area contributed by atoms with Gasteiger partial charge in [-0.15, -0.1) is 0 Å². The monoisotopic (exact) mass is 476 g/mol. The van der Waals surface area contributed by atoms with Crippen LogP contribution in [0.4, 0.5) is 5.69 Å². The molecule has 0 spiro atoms. The molecular weight excluding hydrogens is 448 g/mol. The van der Waals surface area contributed by atoms with E-state index in [1.807, 2.05) is 24.3 Å². The maximum Gasteiger partial charge on any atom is 0.337 e. The van der Waals surface area contributed by atoms with Crippen molar-refractivity contribution < 1.29 is 28.9 Å². The SMILES string of the molecule is CO[C@@H]1CCCCC1Oc1ccc(Oc2ccc(CC(=O)Nc3ccccc3C(=O)O)cn2)cc1. The van der Waals surface area contributed by atoms with Gasteiger partial charge in [0.05, 0.1) is 23.8 Å². The zero-order chi connectivity index (χ0) is 24.6. The van der Waals surface area contributed by atoms with E-state index in [0.717, 1.165) is 25.0 Å². The second-order valence-electron chi connectivity index (χ2n) is 8.37. The van der Waals surface area contributed by atoms with Crippen molar-refractivity contribution in [1.82, 2.24) is 4.98 Å². The van der Waals surface area contributed by atoms with Crippen LogP contribution in [0.25, 0.3) is 0 Å². The number of aromatic nitrogens is 1. The maximum atomic E-state index is 12.4. The average molecular weight is 477 g/mol. The molecule has 2 atom stereocenters. The van der Waals surface area contributed by atoms with Crippen molar-refractivity contribution in [3.8, 4) is 17.4 Å². The molecule has 2 N–H and O–H groups in total. The van der Waals surface area contributed by atoms with E-state index in [-0.39, 0.29) is 35.8 Å². The molecular formula is C27H28N2O6. The number of rotatable bonds is 9. The standard InChI is InChI=1S/C27H28N2O6/c1-33-23-8-4-5-9-24(23)34-19-11-13-20(14-12-19)35-26-15-10-18(17-28-26)16-25(30)29-22-7-3-2-6-21(22)27(31)32/h2-3,6-7,10-15,17,23-24H,4-5,8-9,16H2,1H3,(H,29,30)(H,31,32)/t23-,24?/m1/s1. The number of pyridine rings is 1. The molecule has 8 heteroatoms. The quantitative estimate of drug-likeness (QED) is 0.443. The van der Waals surface area contributed by atoms with E-state index in [1.165, 1.54) is 12.5 Å². The van der Waals surface area contributed by atoms with Crippen LogP contribution in [-0.4, -0.2) is 41.3 Å². The van der Waals surface area contributed by atoms with Crippen molar-refractivity contribution in [2.75, 3.05) is 12.4 Å². The number of benzene rings is 2. The zero-order valence-corrected chi connectivity index (χ0v) is 19.5. The summed E-state index contributed by atoms with van der Waals surface area (Å²) in [6, 6.07) is 17.1. The Morgan fingerprint density at radius 2 is 1.69 bits per heavy atom. The third-order valence-electron chi connectivity index (χ3n) is 5.87. The average Bonchev–Trinajstić information content (AvgIpc) is 2.87. The molecule has 1 amide bonds. The summed E-state index contributed by atoms with van der Waals surface area (Å²) in [5, 5.41) is 11.9. The molecule has 1 aliphatic carbocycles. The van der Waals surface area contributed by atoms with Gasteiger partial charge in [-0.25, -0.2) is 9.78 Å².